The smallest absolute Gasteiger partial charge is 0.305 e. The molecule has 4 nitrogen and oxygen atoms in total. The summed E-state index contributed by atoms with van der Waals surface area (Å²) in [6.07, 6.45) is 1.37. The van der Waals surface area contributed by atoms with Crippen LogP contribution in [-0.4, -0.2) is 35.5 Å². The normalized spacial score (nSPS) is 12.5. The maximum atomic E-state index is 10.8. The van der Waals surface area contributed by atoms with Crippen molar-refractivity contribution in [1.82, 2.24) is 0 Å². The van der Waals surface area contributed by atoms with Crippen LogP contribution in [0.1, 0.15) is 32.6 Å². The molecule has 0 rings (SSSR count). The van der Waals surface area contributed by atoms with E-state index in [1.165, 1.54) is 0 Å². The fourth-order valence-electron chi connectivity index (χ4n) is 1.01. The third kappa shape index (κ3) is 7.74. The molecule has 0 saturated heterocycles. The first-order valence-corrected chi connectivity index (χ1v) is 4.65. The van der Waals surface area contributed by atoms with Gasteiger partial charge in [-0.2, -0.15) is 0 Å². The number of ether oxygens (including phenoxy) is 1. The SMILES string of the molecule is CCOC(=O)CCC[C@H](O)CCO. The number of aliphatic hydroxyl groups is 2. The van der Waals surface area contributed by atoms with E-state index in [-0.39, 0.29) is 12.6 Å². The van der Waals surface area contributed by atoms with Gasteiger partial charge in [-0.15, -0.1) is 0 Å². The summed E-state index contributed by atoms with van der Waals surface area (Å²) in [5, 5.41) is 17.7. The molecule has 0 radical (unpaired) electrons. The van der Waals surface area contributed by atoms with Crippen molar-refractivity contribution in [3.63, 3.8) is 0 Å². The summed E-state index contributed by atoms with van der Waals surface area (Å²) in [5.41, 5.74) is 0. The molecule has 0 heterocycles. The van der Waals surface area contributed by atoms with Crippen molar-refractivity contribution in [1.29, 1.82) is 0 Å². The van der Waals surface area contributed by atoms with Gasteiger partial charge in [0.15, 0.2) is 0 Å². The molecule has 78 valence electrons. The average molecular weight is 190 g/mol. The highest BCUT2D eigenvalue weighted by Crippen LogP contribution is 2.04. The van der Waals surface area contributed by atoms with E-state index in [2.05, 4.69) is 0 Å². The molecule has 0 aliphatic heterocycles. The molecule has 4 heteroatoms. The minimum atomic E-state index is -0.501. The largest absolute Gasteiger partial charge is 0.466 e. The van der Waals surface area contributed by atoms with E-state index < -0.39 is 6.10 Å². The highest BCUT2D eigenvalue weighted by atomic mass is 16.5. The Morgan fingerprint density at radius 2 is 2.15 bits per heavy atom. The summed E-state index contributed by atoms with van der Waals surface area (Å²) in [7, 11) is 0. The van der Waals surface area contributed by atoms with Gasteiger partial charge in [0.2, 0.25) is 0 Å². The van der Waals surface area contributed by atoms with Crippen LogP contribution in [0.15, 0.2) is 0 Å². The zero-order valence-electron chi connectivity index (χ0n) is 8.03. The Morgan fingerprint density at radius 3 is 2.69 bits per heavy atom. The number of hydrogen-bond acceptors (Lipinski definition) is 4. The van der Waals surface area contributed by atoms with E-state index in [1.807, 2.05) is 0 Å². The van der Waals surface area contributed by atoms with E-state index in [0.29, 0.717) is 32.3 Å². The van der Waals surface area contributed by atoms with E-state index in [4.69, 9.17) is 9.84 Å². The quantitative estimate of drug-likeness (QED) is 0.572. The average Bonchev–Trinajstić information content (AvgIpc) is 2.05. The third-order valence-electron chi connectivity index (χ3n) is 1.69. The second-order valence-corrected chi connectivity index (χ2v) is 2.86. The molecule has 0 fully saturated rings. The first-order valence-electron chi connectivity index (χ1n) is 4.65. The lowest BCUT2D eigenvalue weighted by Gasteiger charge is -2.07. The second-order valence-electron chi connectivity index (χ2n) is 2.86. The van der Waals surface area contributed by atoms with Crippen LogP contribution in [0.2, 0.25) is 0 Å². The maximum absolute atomic E-state index is 10.8. The molecule has 2 N–H and O–H groups in total. The monoisotopic (exact) mass is 190 g/mol. The maximum Gasteiger partial charge on any atom is 0.305 e. The van der Waals surface area contributed by atoms with Gasteiger partial charge in [0.05, 0.1) is 12.7 Å². The van der Waals surface area contributed by atoms with Crippen molar-refractivity contribution in [3.05, 3.63) is 0 Å². The molecule has 1 atom stereocenters. The molecule has 0 amide bonds. The fourth-order valence-corrected chi connectivity index (χ4v) is 1.01. The van der Waals surface area contributed by atoms with Crippen LogP contribution < -0.4 is 0 Å². The lowest BCUT2D eigenvalue weighted by atomic mass is 10.1. The summed E-state index contributed by atoms with van der Waals surface area (Å²) < 4.78 is 4.71. The Labute approximate surface area is 78.5 Å². The van der Waals surface area contributed by atoms with Crippen molar-refractivity contribution in [2.45, 2.75) is 38.7 Å². The number of aliphatic hydroxyl groups excluding tert-OH is 2. The Kier molecular flexibility index (Phi) is 7.63. The van der Waals surface area contributed by atoms with Crippen molar-refractivity contribution < 1.29 is 19.7 Å². The Bertz CT molecular complexity index is 136. The van der Waals surface area contributed by atoms with Crippen molar-refractivity contribution in [2.24, 2.45) is 0 Å². The van der Waals surface area contributed by atoms with Gasteiger partial charge < -0.3 is 14.9 Å². The van der Waals surface area contributed by atoms with Crippen molar-refractivity contribution in [2.75, 3.05) is 13.2 Å². The minimum Gasteiger partial charge on any atom is -0.466 e. The number of esters is 1. The van der Waals surface area contributed by atoms with E-state index in [9.17, 15) is 9.90 Å². The van der Waals surface area contributed by atoms with Gasteiger partial charge in [-0.05, 0) is 26.2 Å². The zero-order valence-corrected chi connectivity index (χ0v) is 8.03. The predicted octanol–water partition coefficient (Wildman–Crippen LogP) is 0.463. The Balaban J connectivity index is 3.28. The van der Waals surface area contributed by atoms with Gasteiger partial charge >= 0.3 is 5.97 Å². The molecule has 0 aromatic rings. The van der Waals surface area contributed by atoms with Gasteiger partial charge in [0.25, 0.3) is 0 Å². The van der Waals surface area contributed by atoms with Crippen molar-refractivity contribution >= 4 is 5.97 Å². The van der Waals surface area contributed by atoms with Crippen LogP contribution in [0.3, 0.4) is 0 Å². The van der Waals surface area contributed by atoms with E-state index in [1.54, 1.807) is 6.92 Å². The molecule has 0 aliphatic rings. The lowest BCUT2D eigenvalue weighted by molar-refractivity contribution is -0.143. The number of carbonyl (C=O) groups excluding carboxylic acids is 1. The molecule has 0 aromatic heterocycles. The second kappa shape index (κ2) is 8.01. The van der Waals surface area contributed by atoms with Gasteiger partial charge in [0.1, 0.15) is 0 Å². The predicted molar refractivity (Wildman–Crippen MR) is 48.2 cm³/mol. The van der Waals surface area contributed by atoms with Crippen LogP contribution in [0.25, 0.3) is 0 Å². The van der Waals surface area contributed by atoms with Crippen LogP contribution in [0, 0.1) is 0 Å². The first kappa shape index (κ1) is 12.4. The standard InChI is InChI=1S/C9H18O4/c1-2-13-9(12)5-3-4-8(11)6-7-10/h8,10-11H,2-7H2,1H3/t8-/m0/s1. The summed E-state index contributed by atoms with van der Waals surface area (Å²) in [6, 6.07) is 0. The van der Waals surface area contributed by atoms with Gasteiger partial charge in [-0.25, -0.2) is 0 Å². The molecule has 0 unspecified atom stereocenters. The summed E-state index contributed by atoms with van der Waals surface area (Å²) in [6.45, 7) is 2.15. The fraction of sp³-hybridized carbons (Fsp3) is 0.889. The van der Waals surface area contributed by atoms with Crippen molar-refractivity contribution in [3.8, 4) is 0 Å². The highest BCUT2D eigenvalue weighted by molar-refractivity contribution is 5.69. The van der Waals surface area contributed by atoms with E-state index >= 15 is 0 Å². The summed E-state index contributed by atoms with van der Waals surface area (Å²) in [5.74, 6) is -0.223. The van der Waals surface area contributed by atoms with Crippen LogP contribution in [-0.2, 0) is 9.53 Å². The molecule has 0 saturated carbocycles. The molecular formula is C9H18O4. The molecule has 0 aliphatic carbocycles. The number of hydrogen-bond donors (Lipinski definition) is 2. The van der Waals surface area contributed by atoms with E-state index in [0.717, 1.165) is 0 Å². The first-order chi connectivity index (χ1) is 6.20. The molecule has 0 bridgehead atoms. The minimum absolute atomic E-state index is 0.0133. The zero-order chi connectivity index (χ0) is 10.1. The molecule has 0 aromatic carbocycles. The van der Waals surface area contributed by atoms with Gasteiger partial charge in [-0.3, -0.25) is 4.79 Å². The summed E-state index contributed by atoms with van der Waals surface area (Å²) in [4.78, 5) is 10.8. The van der Waals surface area contributed by atoms with Gasteiger partial charge in [-0.1, -0.05) is 0 Å². The number of rotatable bonds is 7. The third-order valence-corrected chi connectivity index (χ3v) is 1.69. The van der Waals surface area contributed by atoms with Gasteiger partial charge in [0, 0.05) is 13.0 Å². The van der Waals surface area contributed by atoms with Crippen LogP contribution in [0.4, 0.5) is 0 Å². The molecular weight excluding hydrogens is 172 g/mol. The molecule has 0 spiro atoms. The Hall–Kier alpha value is -0.610. The lowest BCUT2D eigenvalue weighted by Crippen LogP contribution is -2.10. The van der Waals surface area contributed by atoms with Crippen LogP contribution >= 0.6 is 0 Å². The molecule has 13 heavy (non-hydrogen) atoms. The highest BCUT2D eigenvalue weighted by Gasteiger charge is 2.05. The Morgan fingerprint density at radius 1 is 1.46 bits per heavy atom. The topological polar surface area (TPSA) is 66.8 Å². The number of carbonyl (C=O) groups is 1. The summed E-state index contributed by atoms with van der Waals surface area (Å²) >= 11 is 0. The van der Waals surface area contributed by atoms with Crippen LogP contribution in [0.5, 0.6) is 0 Å².